The average molecular weight is 347 g/mol. The number of carbonyl (C=O) groups excluding carboxylic acids is 1. The van der Waals surface area contributed by atoms with Gasteiger partial charge in [-0.05, 0) is 23.9 Å². The lowest BCUT2D eigenvalue weighted by Gasteiger charge is -2.29. The molecule has 2 N–H and O–H groups in total. The van der Waals surface area contributed by atoms with Gasteiger partial charge < -0.3 is 15.0 Å². The largest absolute Gasteiger partial charge is 0.424 e. The fraction of sp³-hybridized carbons (Fsp3) is 0.429. The molecular weight excluding hydrogens is 331 g/mol. The Balaban J connectivity index is 2.10. The van der Waals surface area contributed by atoms with Gasteiger partial charge in [0.05, 0.1) is 4.88 Å². The average Bonchev–Trinajstić information content (AvgIpc) is 3.05. The van der Waals surface area contributed by atoms with E-state index >= 15 is 0 Å². The van der Waals surface area contributed by atoms with Gasteiger partial charge in [0.1, 0.15) is 5.82 Å². The number of rotatable bonds is 5. The topological polar surface area (TPSA) is 67.2 Å². The van der Waals surface area contributed by atoms with E-state index in [9.17, 15) is 23.1 Å². The van der Waals surface area contributed by atoms with Crippen molar-refractivity contribution in [2.24, 2.45) is 7.05 Å². The van der Waals surface area contributed by atoms with Crippen molar-refractivity contribution in [1.29, 1.82) is 0 Å². The zero-order valence-electron chi connectivity index (χ0n) is 12.5. The molecule has 0 aliphatic carbocycles. The van der Waals surface area contributed by atoms with E-state index in [1.807, 2.05) is 0 Å². The van der Waals surface area contributed by atoms with Gasteiger partial charge >= 0.3 is 6.18 Å². The van der Waals surface area contributed by atoms with E-state index in [-0.39, 0.29) is 6.54 Å². The molecule has 2 rings (SSSR count). The van der Waals surface area contributed by atoms with E-state index in [0.29, 0.717) is 4.88 Å². The second-order valence-corrected chi connectivity index (χ2v) is 6.07. The van der Waals surface area contributed by atoms with Crippen LogP contribution < -0.4 is 5.32 Å². The van der Waals surface area contributed by atoms with Crippen molar-refractivity contribution < 1.29 is 23.1 Å². The number of amides is 1. The zero-order valence-corrected chi connectivity index (χ0v) is 13.3. The summed E-state index contributed by atoms with van der Waals surface area (Å²) in [5.74, 6) is -0.964. The molecule has 1 atom stereocenters. The Labute approximate surface area is 134 Å². The minimum atomic E-state index is -4.91. The molecule has 0 radical (unpaired) electrons. The van der Waals surface area contributed by atoms with Gasteiger partial charge in [-0.25, -0.2) is 4.98 Å². The van der Waals surface area contributed by atoms with Crippen molar-refractivity contribution in [2.75, 3.05) is 6.54 Å². The molecule has 2 aromatic rings. The molecule has 0 aliphatic rings. The first-order valence-electron chi connectivity index (χ1n) is 6.76. The van der Waals surface area contributed by atoms with Gasteiger partial charge in [0, 0.05) is 32.4 Å². The van der Waals surface area contributed by atoms with Crippen LogP contribution in [0.1, 0.15) is 27.5 Å². The van der Waals surface area contributed by atoms with Crippen molar-refractivity contribution in [3.8, 4) is 0 Å². The smallest absolute Gasteiger partial charge is 0.374 e. The van der Waals surface area contributed by atoms with Gasteiger partial charge in [-0.1, -0.05) is 0 Å². The maximum absolute atomic E-state index is 13.3. The molecular formula is C14H16F3N3O2S. The number of thiophene rings is 1. The van der Waals surface area contributed by atoms with Crippen LogP contribution in [0.4, 0.5) is 13.2 Å². The second-order valence-electron chi connectivity index (χ2n) is 5.16. The number of halogens is 3. The van der Waals surface area contributed by atoms with Crippen LogP contribution in [0.25, 0.3) is 0 Å². The quantitative estimate of drug-likeness (QED) is 0.873. The highest BCUT2D eigenvalue weighted by Crippen LogP contribution is 2.40. The Bertz CT molecular complexity index is 695. The highest BCUT2D eigenvalue weighted by molar-refractivity contribution is 7.12. The Morgan fingerprint density at radius 3 is 2.65 bits per heavy atom. The van der Waals surface area contributed by atoms with Crippen LogP contribution in [0.15, 0.2) is 23.8 Å². The van der Waals surface area contributed by atoms with Crippen LogP contribution in [0.5, 0.6) is 0 Å². The minimum Gasteiger partial charge on any atom is -0.374 e. The Morgan fingerprint density at radius 1 is 1.48 bits per heavy atom. The maximum atomic E-state index is 13.3. The third kappa shape index (κ3) is 3.40. The lowest BCUT2D eigenvalue weighted by Crippen LogP contribution is -2.46. The van der Waals surface area contributed by atoms with E-state index in [0.717, 1.165) is 10.1 Å². The summed E-state index contributed by atoms with van der Waals surface area (Å²) in [7, 11) is 1.37. The first kappa shape index (κ1) is 17.5. The van der Waals surface area contributed by atoms with Crippen LogP contribution in [0, 0.1) is 6.92 Å². The number of hydrogen-bond donors (Lipinski definition) is 2. The number of aromatic nitrogens is 2. The molecule has 0 bridgehead atoms. The fourth-order valence-corrected chi connectivity index (χ4v) is 3.03. The highest BCUT2D eigenvalue weighted by atomic mass is 32.1. The number of carbonyl (C=O) groups is 1. The molecule has 2 aromatic heterocycles. The third-order valence-electron chi connectivity index (χ3n) is 3.50. The molecule has 0 spiro atoms. The molecule has 126 valence electrons. The van der Waals surface area contributed by atoms with Crippen LogP contribution in [0.3, 0.4) is 0 Å². The lowest BCUT2D eigenvalue weighted by molar-refractivity contribution is -0.272. The predicted octanol–water partition coefficient (Wildman–Crippen LogP) is 2.36. The first-order chi connectivity index (χ1) is 10.7. The number of hydrogen-bond acceptors (Lipinski definition) is 4. The monoisotopic (exact) mass is 347 g/mol. The zero-order chi connectivity index (χ0) is 17.3. The number of nitrogens with one attached hydrogen (secondary N) is 1. The van der Waals surface area contributed by atoms with E-state index in [2.05, 4.69) is 10.3 Å². The van der Waals surface area contributed by atoms with Crippen LogP contribution in [-0.4, -0.2) is 33.3 Å². The lowest BCUT2D eigenvalue weighted by atomic mass is 9.97. The van der Waals surface area contributed by atoms with Gasteiger partial charge in [0.2, 0.25) is 5.60 Å². The summed E-state index contributed by atoms with van der Waals surface area (Å²) in [6.45, 7) is 1.41. The molecule has 23 heavy (non-hydrogen) atoms. The summed E-state index contributed by atoms with van der Waals surface area (Å²) >= 11 is 1.21. The van der Waals surface area contributed by atoms with Crippen LogP contribution in [-0.2, 0) is 12.6 Å². The number of aryl methyl sites for hydroxylation is 2. The number of imidazole rings is 1. The predicted molar refractivity (Wildman–Crippen MR) is 79.2 cm³/mol. The summed E-state index contributed by atoms with van der Waals surface area (Å²) in [6, 6.07) is 1.75. The Morgan fingerprint density at radius 2 is 2.17 bits per heavy atom. The van der Waals surface area contributed by atoms with Crippen molar-refractivity contribution in [3.63, 3.8) is 0 Å². The molecule has 0 fully saturated rings. The van der Waals surface area contributed by atoms with Crippen molar-refractivity contribution in [3.05, 3.63) is 40.1 Å². The van der Waals surface area contributed by atoms with E-state index in [1.165, 1.54) is 30.8 Å². The SMILES string of the molecule is Cc1ccsc1C(=O)NCCC(O)(c1nccn1C)C(F)(F)F. The van der Waals surface area contributed by atoms with Crippen molar-refractivity contribution >= 4 is 17.2 Å². The number of aliphatic hydroxyl groups is 1. The molecule has 0 saturated heterocycles. The molecule has 0 aliphatic heterocycles. The summed E-state index contributed by atoms with van der Waals surface area (Å²) in [5.41, 5.74) is -2.37. The molecule has 5 nitrogen and oxygen atoms in total. The van der Waals surface area contributed by atoms with Crippen molar-refractivity contribution in [2.45, 2.75) is 25.1 Å². The molecule has 0 saturated carbocycles. The van der Waals surface area contributed by atoms with Gasteiger partial charge in [-0.15, -0.1) is 11.3 Å². The van der Waals surface area contributed by atoms with E-state index in [4.69, 9.17) is 0 Å². The van der Waals surface area contributed by atoms with E-state index < -0.39 is 29.9 Å². The molecule has 1 amide bonds. The summed E-state index contributed by atoms with van der Waals surface area (Å²) in [5, 5.41) is 14.3. The Hall–Kier alpha value is -1.87. The first-order valence-corrected chi connectivity index (χ1v) is 7.64. The summed E-state index contributed by atoms with van der Waals surface area (Å²) < 4.78 is 41.0. The summed E-state index contributed by atoms with van der Waals surface area (Å²) in [4.78, 5) is 16.0. The van der Waals surface area contributed by atoms with Crippen molar-refractivity contribution in [1.82, 2.24) is 14.9 Å². The highest BCUT2D eigenvalue weighted by Gasteiger charge is 2.57. The summed E-state index contributed by atoms with van der Waals surface area (Å²) in [6.07, 6.45) is -3.13. The number of alkyl halides is 3. The third-order valence-corrected chi connectivity index (χ3v) is 4.52. The second kappa shape index (κ2) is 6.32. The molecule has 2 heterocycles. The van der Waals surface area contributed by atoms with Gasteiger partial charge in [-0.2, -0.15) is 13.2 Å². The van der Waals surface area contributed by atoms with E-state index in [1.54, 1.807) is 18.4 Å². The van der Waals surface area contributed by atoms with Crippen LogP contribution in [0.2, 0.25) is 0 Å². The molecule has 9 heteroatoms. The number of nitrogens with zero attached hydrogens (tertiary/aromatic N) is 2. The van der Waals surface area contributed by atoms with Gasteiger partial charge in [-0.3, -0.25) is 4.79 Å². The van der Waals surface area contributed by atoms with Gasteiger partial charge in [0.25, 0.3) is 5.91 Å². The standard InChI is InChI=1S/C14H16F3N3O2S/c1-9-3-8-23-10(9)11(21)18-5-4-13(22,14(15,16)17)12-19-6-7-20(12)2/h3,6-8,22H,4-5H2,1-2H3,(H,18,21). The van der Waals surface area contributed by atoms with Crippen LogP contribution >= 0.6 is 11.3 Å². The molecule has 1 unspecified atom stereocenters. The molecule has 0 aromatic carbocycles. The normalized spacial score (nSPS) is 14.5. The fourth-order valence-electron chi connectivity index (χ4n) is 2.19. The Kier molecular flexibility index (Phi) is 4.81. The van der Waals surface area contributed by atoms with Gasteiger partial charge in [0.15, 0.2) is 0 Å². The maximum Gasteiger partial charge on any atom is 0.424 e. The minimum absolute atomic E-state index is 0.334.